The number of rotatable bonds is 5. The fourth-order valence-electron chi connectivity index (χ4n) is 1.25. The van der Waals surface area contributed by atoms with Gasteiger partial charge in [0.2, 0.25) is 5.91 Å². The zero-order valence-electron chi connectivity index (χ0n) is 10.2. The van der Waals surface area contributed by atoms with E-state index in [1.165, 1.54) is 10.9 Å². The number of terminal acetylenes is 1. The highest BCUT2D eigenvalue weighted by Crippen LogP contribution is 2.09. The maximum Gasteiger partial charge on any atom is 0.307 e. The van der Waals surface area contributed by atoms with Crippen LogP contribution in [0.2, 0.25) is 0 Å². The number of hydrogen-bond donors (Lipinski definition) is 1. The molecule has 1 heterocycles. The molecule has 1 aromatic rings. The second kappa shape index (κ2) is 5.31. The van der Waals surface area contributed by atoms with Crippen LogP contribution in [0.4, 0.5) is 5.69 Å². The third-order valence-corrected chi connectivity index (χ3v) is 2.58. The van der Waals surface area contributed by atoms with E-state index in [2.05, 4.69) is 16.3 Å². The molecule has 0 saturated carbocycles. The van der Waals surface area contributed by atoms with Crippen molar-refractivity contribution < 1.29 is 9.72 Å². The number of nitrogens with zero attached hydrogens (tertiary/aromatic N) is 3. The number of aromatic nitrogens is 2. The fourth-order valence-corrected chi connectivity index (χ4v) is 1.25. The molecule has 7 heteroatoms. The Balaban J connectivity index is 2.65. The first kappa shape index (κ1) is 13.7. The minimum atomic E-state index is -0.712. The molecule has 0 aliphatic carbocycles. The minimum Gasteiger partial charge on any atom is -0.338 e. The van der Waals surface area contributed by atoms with E-state index in [1.54, 1.807) is 6.92 Å². The van der Waals surface area contributed by atoms with Gasteiger partial charge in [-0.05, 0) is 13.3 Å². The lowest BCUT2D eigenvalue weighted by atomic mass is 10.0. The van der Waals surface area contributed by atoms with Crippen molar-refractivity contribution in [2.75, 3.05) is 0 Å². The molecular weight excluding hydrogens is 236 g/mol. The van der Waals surface area contributed by atoms with Gasteiger partial charge >= 0.3 is 5.69 Å². The van der Waals surface area contributed by atoms with E-state index in [-0.39, 0.29) is 18.1 Å². The predicted molar refractivity (Wildman–Crippen MR) is 64.6 cm³/mol. The molecule has 0 aromatic carbocycles. The summed E-state index contributed by atoms with van der Waals surface area (Å²) in [5.41, 5.74) is -0.867. The van der Waals surface area contributed by atoms with Crippen molar-refractivity contribution >= 4 is 11.6 Å². The van der Waals surface area contributed by atoms with E-state index >= 15 is 0 Å². The summed E-state index contributed by atoms with van der Waals surface area (Å²) >= 11 is 0. The van der Waals surface area contributed by atoms with E-state index in [0.29, 0.717) is 6.42 Å². The van der Waals surface area contributed by atoms with Crippen LogP contribution in [0.5, 0.6) is 0 Å². The van der Waals surface area contributed by atoms with Crippen LogP contribution in [0.1, 0.15) is 20.3 Å². The number of nitro groups is 1. The quantitative estimate of drug-likeness (QED) is 0.473. The Bertz CT molecular complexity index is 503. The van der Waals surface area contributed by atoms with Gasteiger partial charge in [-0.2, -0.15) is 5.10 Å². The van der Waals surface area contributed by atoms with Gasteiger partial charge in [0.1, 0.15) is 18.9 Å². The Labute approximate surface area is 104 Å². The first-order valence-corrected chi connectivity index (χ1v) is 5.36. The summed E-state index contributed by atoms with van der Waals surface area (Å²) in [5.74, 6) is 2.16. The number of carbonyl (C=O) groups excluding carboxylic acids is 1. The Morgan fingerprint density at radius 2 is 2.44 bits per heavy atom. The summed E-state index contributed by atoms with van der Waals surface area (Å²) in [6, 6.07) is 0. The van der Waals surface area contributed by atoms with E-state index in [1.807, 2.05) is 6.92 Å². The van der Waals surface area contributed by atoms with Crippen LogP contribution in [-0.4, -0.2) is 26.1 Å². The summed E-state index contributed by atoms with van der Waals surface area (Å²) in [6.07, 6.45) is 8.20. The lowest BCUT2D eigenvalue weighted by molar-refractivity contribution is -0.385. The molecular formula is C11H14N4O3. The first-order chi connectivity index (χ1) is 8.40. The fraction of sp³-hybridized carbons (Fsp3) is 0.455. The zero-order chi connectivity index (χ0) is 13.8. The normalized spacial score (nSPS) is 13.4. The van der Waals surface area contributed by atoms with E-state index in [9.17, 15) is 14.9 Å². The minimum absolute atomic E-state index is 0.106. The Morgan fingerprint density at radius 1 is 1.78 bits per heavy atom. The zero-order valence-corrected chi connectivity index (χ0v) is 10.2. The van der Waals surface area contributed by atoms with Crippen molar-refractivity contribution in [3.63, 3.8) is 0 Å². The molecule has 0 aliphatic rings. The lowest BCUT2D eigenvalue weighted by Crippen LogP contribution is -2.45. The van der Waals surface area contributed by atoms with Gasteiger partial charge in [-0.3, -0.25) is 19.6 Å². The molecule has 0 aliphatic heterocycles. The molecule has 1 unspecified atom stereocenters. The van der Waals surface area contributed by atoms with Gasteiger partial charge in [0.05, 0.1) is 10.5 Å². The van der Waals surface area contributed by atoms with Crippen LogP contribution in [0.15, 0.2) is 12.4 Å². The molecule has 0 fully saturated rings. The molecule has 7 nitrogen and oxygen atoms in total. The Kier molecular flexibility index (Phi) is 4.05. The largest absolute Gasteiger partial charge is 0.338 e. The summed E-state index contributed by atoms with van der Waals surface area (Å²) in [5, 5.41) is 16.8. The van der Waals surface area contributed by atoms with Crippen molar-refractivity contribution in [3.8, 4) is 12.3 Å². The third-order valence-electron chi connectivity index (χ3n) is 2.58. The number of hydrogen-bond acceptors (Lipinski definition) is 4. The second-order valence-electron chi connectivity index (χ2n) is 4.03. The van der Waals surface area contributed by atoms with Crippen LogP contribution in [0.3, 0.4) is 0 Å². The maximum absolute atomic E-state index is 11.7. The van der Waals surface area contributed by atoms with Gasteiger partial charge in [0.15, 0.2) is 0 Å². The molecule has 1 N–H and O–H groups in total. The van der Waals surface area contributed by atoms with Crippen molar-refractivity contribution in [3.05, 3.63) is 22.5 Å². The molecule has 1 atom stereocenters. The smallest absolute Gasteiger partial charge is 0.307 e. The van der Waals surface area contributed by atoms with Gasteiger partial charge in [-0.15, -0.1) is 6.42 Å². The van der Waals surface area contributed by atoms with E-state index < -0.39 is 10.5 Å². The average molecular weight is 250 g/mol. The number of nitrogens with one attached hydrogen (secondary N) is 1. The molecule has 1 amide bonds. The van der Waals surface area contributed by atoms with Gasteiger partial charge in [0, 0.05) is 0 Å². The second-order valence-corrected chi connectivity index (χ2v) is 4.03. The van der Waals surface area contributed by atoms with Crippen LogP contribution in [0, 0.1) is 22.5 Å². The molecule has 0 bridgehead atoms. The van der Waals surface area contributed by atoms with Crippen molar-refractivity contribution in [1.82, 2.24) is 15.1 Å². The summed E-state index contributed by atoms with van der Waals surface area (Å²) in [6.45, 7) is 3.49. The highest BCUT2D eigenvalue weighted by Gasteiger charge is 2.21. The molecule has 96 valence electrons. The van der Waals surface area contributed by atoms with Crippen molar-refractivity contribution in [2.24, 2.45) is 0 Å². The molecule has 1 rings (SSSR count). The van der Waals surface area contributed by atoms with E-state index in [0.717, 1.165) is 6.20 Å². The molecule has 18 heavy (non-hydrogen) atoms. The summed E-state index contributed by atoms with van der Waals surface area (Å²) in [4.78, 5) is 21.6. The van der Waals surface area contributed by atoms with Gasteiger partial charge in [-0.25, -0.2) is 0 Å². The Morgan fingerprint density at radius 3 is 2.89 bits per heavy atom. The standard InChI is InChI=1S/C11H14N4O3/c1-4-11(3,5-2)13-10(16)8-14-7-9(6-12-14)15(17)18/h1,6-7H,5,8H2,2-3H3,(H,13,16). The lowest BCUT2D eigenvalue weighted by Gasteiger charge is -2.23. The van der Waals surface area contributed by atoms with Crippen molar-refractivity contribution in [2.45, 2.75) is 32.4 Å². The topological polar surface area (TPSA) is 90.1 Å². The van der Waals surface area contributed by atoms with Gasteiger partial charge < -0.3 is 5.32 Å². The highest BCUT2D eigenvalue weighted by molar-refractivity contribution is 5.77. The molecule has 0 radical (unpaired) electrons. The summed E-state index contributed by atoms with van der Waals surface area (Å²) in [7, 11) is 0. The maximum atomic E-state index is 11.7. The SMILES string of the molecule is C#CC(C)(CC)NC(=O)Cn1cc([N+](=O)[O-])cn1. The van der Waals surface area contributed by atoms with Crippen LogP contribution < -0.4 is 5.32 Å². The Hall–Kier alpha value is -2.36. The van der Waals surface area contributed by atoms with E-state index in [4.69, 9.17) is 6.42 Å². The van der Waals surface area contributed by atoms with Crippen LogP contribution in [-0.2, 0) is 11.3 Å². The van der Waals surface area contributed by atoms with Crippen molar-refractivity contribution in [1.29, 1.82) is 0 Å². The third kappa shape index (κ3) is 3.31. The molecule has 0 spiro atoms. The molecule has 1 aromatic heterocycles. The highest BCUT2D eigenvalue weighted by atomic mass is 16.6. The number of amides is 1. The predicted octanol–water partition coefficient (Wildman–Crippen LogP) is 0.709. The summed E-state index contributed by atoms with van der Waals surface area (Å²) < 4.78 is 1.19. The van der Waals surface area contributed by atoms with Gasteiger partial charge in [0.25, 0.3) is 0 Å². The first-order valence-electron chi connectivity index (χ1n) is 5.36. The van der Waals surface area contributed by atoms with Crippen LogP contribution >= 0.6 is 0 Å². The molecule has 0 saturated heterocycles. The number of carbonyl (C=O) groups is 1. The van der Waals surface area contributed by atoms with Gasteiger partial charge in [-0.1, -0.05) is 12.8 Å². The average Bonchev–Trinajstić information content (AvgIpc) is 2.77. The van der Waals surface area contributed by atoms with Crippen LogP contribution in [0.25, 0.3) is 0 Å². The monoisotopic (exact) mass is 250 g/mol.